The lowest BCUT2D eigenvalue weighted by Crippen LogP contribution is -2.26. The van der Waals surface area contributed by atoms with Crippen molar-refractivity contribution in [3.05, 3.63) is 23.5 Å². The van der Waals surface area contributed by atoms with Crippen LogP contribution in [-0.4, -0.2) is 24.8 Å². The molecule has 3 rings (SSSR count). The van der Waals surface area contributed by atoms with Gasteiger partial charge in [0.2, 0.25) is 0 Å². The number of halogens is 1. The van der Waals surface area contributed by atoms with E-state index in [9.17, 15) is 14.0 Å². The Balaban J connectivity index is 1.92. The van der Waals surface area contributed by atoms with E-state index in [2.05, 4.69) is 19.2 Å². The Bertz CT molecular complexity index is 625. The van der Waals surface area contributed by atoms with E-state index in [0.717, 1.165) is 32.4 Å². The van der Waals surface area contributed by atoms with Crippen molar-refractivity contribution in [2.75, 3.05) is 23.3 Å². The van der Waals surface area contributed by atoms with Crippen LogP contribution in [0.4, 0.5) is 15.8 Å². The molecule has 2 aliphatic rings. The summed E-state index contributed by atoms with van der Waals surface area (Å²) in [7, 11) is 0. The number of nitrogens with one attached hydrogen (secondary N) is 1. The molecule has 1 fully saturated rings. The Morgan fingerprint density at radius 1 is 1.19 bits per heavy atom. The van der Waals surface area contributed by atoms with Crippen molar-refractivity contribution in [1.82, 2.24) is 0 Å². The molecule has 1 aromatic rings. The van der Waals surface area contributed by atoms with Crippen LogP contribution < -0.4 is 10.2 Å². The molecule has 21 heavy (non-hydrogen) atoms. The predicted molar refractivity (Wildman–Crippen MR) is 79.2 cm³/mol. The first-order chi connectivity index (χ1) is 9.87. The molecule has 0 aromatic heterocycles. The lowest BCUT2D eigenvalue weighted by atomic mass is 9.85. The number of benzene rings is 1. The zero-order valence-electron chi connectivity index (χ0n) is 12.3. The molecule has 4 nitrogen and oxygen atoms in total. The molecule has 1 amide bonds. The van der Waals surface area contributed by atoms with Gasteiger partial charge < -0.3 is 10.2 Å². The van der Waals surface area contributed by atoms with E-state index in [0.29, 0.717) is 11.4 Å². The molecular weight excluding hydrogens is 271 g/mol. The minimum atomic E-state index is -0.682. The minimum absolute atomic E-state index is 0.136. The fourth-order valence-corrected chi connectivity index (χ4v) is 3.06. The van der Waals surface area contributed by atoms with Gasteiger partial charge in [0.15, 0.2) is 0 Å². The van der Waals surface area contributed by atoms with Gasteiger partial charge in [0, 0.05) is 13.1 Å². The first-order valence-electron chi connectivity index (χ1n) is 7.32. The first-order valence-corrected chi connectivity index (χ1v) is 7.32. The van der Waals surface area contributed by atoms with Crippen LogP contribution in [0.2, 0.25) is 0 Å². The van der Waals surface area contributed by atoms with Crippen LogP contribution in [0.25, 0.3) is 0 Å². The minimum Gasteiger partial charge on any atom is -0.369 e. The van der Waals surface area contributed by atoms with Crippen LogP contribution in [0.5, 0.6) is 0 Å². The average molecular weight is 290 g/mol. The lowest BCUT2D eigenvalue weighted by Gasteiger charge is -2.25. The Kier molecular flexibility index (Phi) is 3.23. The number of amides is 1. The van der Waals surface area contributed by atoms with Crippen molar-refractivity contribution in [2.45, 2.75) is 33.1 Å². The number of ketones is 1. The molecular formula is C16H19FN2O2. The number of nitrogens with zero attached hydrogens (tertiary/aromatic N) is 1. The SMILES string of the molecule is CC1(C)CCCN(c2cc3c(cc2F)C(=O)C(=O)N3)CC1. The van der Waals surface area contributed by atoms with Gasteiger partial charge >= 0.3 is 0 Å². The van der Waals surface area contributed by atoms with Gasteiger partial charge in [0.05, 0.1) is 16.9 Å². The number of hydrogen-bond donors (Lipinski definition) is 1. The maximum atomic E-state index is 14.3. The van der Waals surface area contributed by atoms with E-state index in [-0.39, 0.29) is 11.0 Å². The largest absolute Gasteiger partial charge is 0.369 e. The molecule has 2 aliphatic heterocycles. The molecule has 112 valence electrons. The van der Waals surface area contributed by atoms with E-state index < -0.39 is 17.5 Å². The van der Waals surface area contributed by atoms with Crippen LogP contribution in [0.15, 0.2) is 12.1 Å². The third-order valence-electron chi connectivity index (χ3n) is 4.47. The molecule has 0 atom stereocenters. The summed E-state index contributed by atoms with van der Waals surface area (Å²) in [5.74, 6) is -1.77. The Hall–Kier alpha value is -1.91. The number of rotatable bonds is 1. The van der Waals surface area contributed by atoms with Gasteiger partial charge in [0.1, 0.15) is 5.82 Å². The second-order valence-corrected chi connectivity index (χ2v) is 6.64. The standard InChI is InChI=1S/C16H19FN2O2/c1-16(2)4-3-6-19(7-5-16)13-9-12-10(8-11(13)17)14(20)15(21)18-12/h8-9H,3-7H2,1-2H3,(H,18,20,21). The second kappa shape index (κ2) is 4.83. The van der Waals surface area contributed by atoms with E-state index in [1.807, 2.05) is 4.90 Å². The highest BCUT2D eigenvalue weighted by molar-refractivity contribution is 6.51. The monoisotopic (exact) mass is 290 g/mol. The maximum absolute atomic E-state index is 14.3. The van der Waals surface area contributed by atoms with E-state index in [1.165, 1.54) is 6.07 Å². The Morgan fingerprint density at radius 3 is 2.71 bits per heavy atom. The fourth-order valence-electron chi connectivity index (χ4n) is 3.06. The highest BCUT2D eigenvalue weighted by Crippen LogP contribution is 2.35. The molecule has 0 bridgehead atoms. The van der Waals surface area contributed by atoms with E-state index >= 15 is 0 Å². The quantitative estimate of drug-likeness (QED) is 0.809. The number of carbonyl (C=O) groups is 2. The molecule has 0 spiro atoms. The third kappa shape index (κ3) is 2.52. The van der Waals surface area contributed by atoms with Crippen LogP contribution >= 0.6 is 0 Å². The highest BCUT2D eigenvalue weighted by Gasteiger charge is 2.31. The topological polar surface area (TPSA) is 49.4 Å². The zero-order valence-corrected chi connectivity index (χ0v) is 12.3. The fraction of sp³-hybridized carbons (Fsp3) is 0.500. The molecule has 1 saturated heterocycles. The van der Waals surface area contributed by atoms with Crippen LogP contribution in [0, 0.1) is 11.2 Å². The maximum Gasteiger partial charge on any atom is 0.296 e. The number of anilines is 2. The van der Waals surface area contributed by atoms with Gasteiger partial charge in [-0.3, -0.25) is 9.59 Å². The molecule has 2 heterocycles. The highest BCUT2D eigenvalue weighted by atomic mass is 19.1. The van der Waals surface area contributed by atoms with Gasteiger partial charge in [-0.05, 0) is 36.8 Å². The smallest absolute Gasteiger partial charge is 0.296 e. The van der Waals surface area contributed by atoms with Crippen LogP contribution in [-0.2, 0) is 4.79 Å². The molecule has 0 aliphatic carbocycles. The lowest BCUT2D eigenvalue weighted by molar-refractivity contribution is -0.112. The summed E-state index contributed by atoms with van der Waals surface area (Å²) in [6.07, 6.45) is 3.12. The Morgan fingerprint density at radius 2 is 1.95 bits per heavy atom. The molecule has 5 heteroatoms. The summed E-state index contributed by atoms with van der Waals surface area (Å²) < 4.78 is 14.3. The number of carbonyl (C=O) groups excluding carboxylic acids is 2. The van der Waals surface area contributed by atoms with Gasteiger partial charge in [-0.2, -0.15) is 0 Å². The van der Waals surface area contributed by atoms with E-state index in [4.69, 9.17) is 0 Å². The van der Waals surface area contributed by atoms with Crippen LogP contribution in [0.3, 0.4) is 0 Å². The van der Waals surface area contributed by atoms with Crippen LogP contribution in [0.1, 0.15) is 43.5 Å². The third-order valence-corrected chi connectivity index (χ3v) is 4.47. The van der Waals surface area contributed by atoms with Gasteiger partial charge in [-0.25, -0.2) is 4.39 Å². The zero-order chi connectivity index (χ0) is 15.2. The molecule has 0 unspecified atom stereocenters. The Labute approximate surface area is 123 Å². The summed E-state index contributed by atoms with van der Waals surface area (Å²) in [5.41, 5.74) is 1.30. The molecule has 0 radical (unpaired) electrons. The van der Waals surface area contributed by atoms with E-state index in [1.54, 1.807) is 6.07 Å². The number of Topliss-reactive ketones (excluding diaryl/α,β-unsaturated/α-hetero) is 1. The van der Waals surface area contributed by atoms with Gasteiger partial charge in [-0.1, -0.05) is 13.8 Å². The summed E-state index contributed by atoms with van der Waals surface area (Å²) in [4.78, 5) is 25.0. The van der Waals surface area contributed by atoms with Crippen molar-refractivity contribution >= 4 is 23.1 Å². The molecule has 1 aromatic carbocycles. The predicted octanol–water partition coefficient (Wildman–Crippen LogP) is 2.98. The van der Waals surface area contributed by atoms with Crippen molar-refractivity contribution in [1.29, 1.82) is 0 Å². The van der Waals surface area contributed by atoms with Crippen molar-refractivity contribution in [3.8, 4) is 0 Å². The van der Waals surface area contributed by atoms with Gasteiger partial charge in [0.25, 0.3) is 11.7 Å². The van der Waals surface area contributed by atoms with Gasteiger partial charge in [-0.15, -0.1) is 0 Å². The van der Waals surface area contributed by atoms with Crippen molar-refractivity contribution < 1.29 is 14.0 Å². The molecule has 0 saturated carbocycles. The summed E-state index contributed by atoms with van der Waals surface area (Å²) in [6, 6.07) is 2.77. The average Bonchev–Trinajstić information content (AvgIpc) is 2.59. The summed E-state index contributed by atoms with van der Waals surface area (Å²) >= 11 is 0. The summed E-state index contributed by atoms with van der Waals surface area (Å²) in [6.45, 7) is 6.04. The summed E-state index contributed by atoms with van der Waals surface area (Å²) in [5, 5.41) is 2.50. The number of hydrogen-bond acceptors (Lipinski definition) is 3. The van der Waals surface area contributed by atoms with Crippen molar-refractivity contribution in [3.63, 3.8) is 0 Å². The van der Waals surface area contributed by atoms with Crippen molar-refractivity contribution in [2.24, 2.45) is 5.41 Å². The second-order valence-electron chi connectivity index (χ2n) is 6.64. The normalized spacial score (nSPS) is 21.0. The molecule has 1 N–H and O–H groups in total. The first kappa shape index (κ1) is 14.0. The number of fused-ring (bicyclic) bond motifs is 1.